The minimum atomic E-state index is -0.436. The van der Waals surface area contributed by atoms with Crippen LogP contribution in [0.2, 0.25) is 0 Å². The van der Waals surface area contributed by atoms with Crippen molar-refractivity contribution in [1.82, 2.24) is 5.32 Å². The third-order valence-electron chi connectivity index (χ3n) is 1.86. The van der Waals surface area contributed by atoms with Gasteiger partial charge < -0.3 is 5.32 Å². The van der Waals surface area contributed by atoms with E-state index in [1.165, 1.54) is 0 Å². The van der Waals surface area contributed by atoms with E-state index < -0.39 is 5.41 Å². The van der Waals surface area contributed by atoms with Gasteiger partial charge in [-0.25, -0.2) is 0 Å². The molecule has 1 amide bonds. The molecule has 0 unspecified atom stereocenters. The van der Waals surface area contributed by atoms with Crippen molar-refractivity contribution in [2.75, 3.05) is 7.05 Å². The fourth-order valence-corrected chi connectivity index (χ4v) is 0.506. The van der Waals surface area contributed by atoms with E-state index in [2.05, 4.69) is 11.9 Å². The summed E-state index contributed by atoms with van der Waals surface area (Å²) < 4.78 is 0. The van der Waals surface area contributed by atoms with Crippen LogP contribution in [-0.2, 0) is 4.79 Å². The summed E-state index contributed by atoms with van der Waals surface area (Å²) in [5.74, 6) is 0.0139. The molecular weight excluding hydrogens is 126 g/mol. The molecule has 0 saturated carbocycles. The SMILES string of the molecule is C=C(C)C(C)(C)C(=O)NC. The normalized spacial score (nSPS) is 10.8. The Bertz CT molecular complexity index is 159. The van der Waals surface area contributed by atoms with Gasteiger partial charge in [0.05, 0.1) is 5.41 Å². The second kappa shape index (κ2) is 2.86. The molecule has 0 heterocycles. The Morgan fingerprint density at radius 1 is 1.50 bits per heavy atom. The molecule has 2 nitrogen and oxygen atoms in total. The zero-order valence-corrected chi connectivity index (χ0v) is 7.12. The van der Waals surface area contributed by atoms with Gasteiger partial charge in [-0.15, -0.1) is 0 Å². The van der Waals surface area contributed by atoms with Crippen molar-refractivity contribution in [3.05, 3.63) is 12.2 Å². The average Bonchev–Trinajstić information content (AvgIpc) is 1.86. The highest BCUT2D eigenvalue weighted by Crippen LogP contribution is 2.23. The minimum Gasteiger partial charge on any atom is -0.358 e. The lowest BCUT2D eigenvalue weighted by Crippen LogP contribution is -2.34. The summed E-state index contributed by atoms with van der Waals surface area (Å²) in [7, 11) is 1.63. The van der Waals surface area contributed by atoms with Gasteiger partial charge >= 0.3 is 0 Å². The van der Waals surface area contributed by atoms with Gasteiger partial charge in [-0.3, -0.25) is 4.79 Å². The van der Waals surface area contributed by atoms with Crippen molar-refractivity contribution in [3.63, 3.8) is 0 Å². The van der Waals surface area contributed by atoms with E-state index in [0.717, 1.165) is 5.57 Å². The molecule has 0 aliphatic rings. The van der Waals surface area contributed by atoms with Crippen molar-refractivity contribution in [2.24, 2.45) is 5.41 Å². The van der Waals surface area contributed by atoms with Crippen LogP contribution in [0.5, 0.6) is 0 Å². The minimum absolute atomic E-state index is 0.0139. The van der Waals surface area contributed by atoms with Crippen molar-refractivity contribution < 1.29 is 4.79 Å². The maximum Gasteiger partial charge on any atom is 0.229 e. The first kappa shape index (κ1) is 9.21. The largest absolute Gasteiger partial charge is 0.358 e. The van der Waals surface area contributed by atoms with Gasteiger partial charge in [0.2, 0.25) is 5.91 Å². The lowest BCUT2D eigenvalue weighted by Gasteiger charge is -2.22. The van der Waals surface area contributed by atoms with Gasteiger partial charge in [0.1, 0.15) is 0 Å². The fourth-order valence-electron chi connectivity index (χ4n) is 0.506. The summed E-state index contributed by atoms with van der Waals surface area (Å²) in [5, 5.41) is 2.59. The highest BCUT2D eigenvalue weighted by molar-refractivity contribution is 5.84. The summed E-state index contributed by atoms with van der Waals surface area (Å²) in [6.07, 6.45) is 0. The highest BCUT2D eigenvalue weighted by atomic mass is 16.2. The number of carbonyl (C=O) groups is 1. The molecule has 0 aromatic rings. The van der Waals surface area contributed by atoms with E-state index in [1.807, 2.05) is 20.8 Å². The molecule has 0 spiro atoms. The predicted molar refractivity (Wildman–Crippen MR) is 42.7 cm³/mol. The monoisotopic (exact) mass is 141 g/mol. The second-order valence-corrected chi connectivity index (χ2v) is 2.98. The summed E-state index contributed by atoms with van der Waals surface area (Å²) in [5.41, 5.74) is 0.446. The third-order valence-corrected chi connectivity index (χ3v) is 1.86. The van der Waals surface area contributed by atoms with E-state index in [1.54, 1.807) is 7.05 Å². The predicted octanol–water partition coefficient (Wildman–Crippen LogP) is 1.33. The van der Waals surface area contributed by atoms with Crippen LogP contribution in [0.25, 0.3) is 0 Å². The standard InChI is InChI=1S/C8H15NO/c1-6(2)8(3,4)7(10)9-5/h1H2,2-5H3,(H,9,10). The van der Waals surface area contributed by atoms with Crippen LogP contribution < -0.4 is 5.32 Å². The maximum atomic E-state index is 11.1. The third kappa shape index (κ3) is 1.59. The first-order chi connectivity index (χ1) is 4.42. The average molecular weight is 141 g/mol. The molecule has 10 heavy (non-hydrogen) atoms. The molecular formula is C8H15NO. The van der Waals surface area contributed by atoms with Crippen molar-refractivity contribution in [3.8, 4) is 0 Å². The van der Waals surface area contributed by atoms with Crippen molar-refractivity contribution >= 4 is 5.91 Å². The maximum absolute atomic E-state index is 11.1. The molecule has 0 aromatic carbocycles. The van der Waals surface area contributed by atoms with Crippen LogP contribution in [0, 0.1) is 5.41 Å². The van der Waals surface area contributed by atoms with Crippen LogP contribution in [-0.4, -0.2) is 13.0 Å². The van der Waals surface area contributed by atoms with Gasteiger partial charge in [-0.2, -0.15) is 0 Å². The number of hydrogen-bond acceptors (Lipinski definition) is 1. The van der Waals surface area contributed by atoms with Crippen LogP contribution in [0.3, 0.4) is 0 Å². The number of carbonyl (C=O) groups excluding carboxylic acids is 1. The van der Waals surface area contributed by atoms with E-state index in [9.17, 15) is 4.79 Å². The van der Waals surface area contributed by atoms with Gasteiger partial charge in [0.25, 0.3) is 0 Å². The molecule has 0 aliphatic carbocycles. The molecule has 1 N–H and O–H groups in total. The van der Waals surface area contributed by atoms with Crippen LogP contribution in [0.1, 0.15) is 20.8 Å². The lowest BCUT2D eigenvalue weighted by molar-refractivity contribution is -0.127. The zero-order valence-electron chi connectivity index (χ0n) is 7.12. The van der Waals surface area contributed by atoms with Gasteiger partial charge in [0.15, 0.2) is 0 Å². The lowest BCUT2D eigenvalue weighted by atomic mass is 9.85. The quantitative estimate of drug-likeness (QED) is 0.577. The van der Waals surface area contributed by atoms with Crippen LogP contribution in [0.15, 0.2) is 12.2 Å². The molecule has 0 rings (SSSR count). The second-order valence-electron chi connectivity index (χ2n) is 2.98. The van der Waals surface area contributed by atoms with Crippen molar-refractivity contribution in [1.29, 1.82) is 0 Å². The topological polar surface area (TPSA) is 29.1 Å². The Labute approximate surface area is 62.3 Å². The van der Waals surface area contributed by atoms with Gasteiger partial charge in [-0.1, -0.05) is 12.2 Å². The molecule has 0 fully saturated rings. The molecule has 0 atom stereocenters. The van der Waals surface area contributed by atoms with E-state index >= 15 is 0 Å². The Morgan fingerprint density at radius 3 is 2.00 bits per heavy atom. The molecule has 0 aromatic heterocycles. The van der Waals surface area contributed by atoms with Crippen molar-refractivity contribution in [2.45, 2.75) is 20.8 Å². The number of nitrogens with one attached hydrogen (secondary N) is 1. The first-order valence-electron chi connectivity index (χ1n) is 3.31. The molecule has 0 bridgehead atoms. The smallest absolute Gasteiger partial charge is 0.229 e. The molecule has 2 heteroatoms. The fraction of sp³-hybridized carbons (Fsp3) is 0.625. The van der Waals surface area contributed by atoms with E-state index in [4.69, 9.17) is 0 Å². The Hall–Kier alpha value is -0.790. The van der Waals surface area contributed by atoms with Crippen LogP contribution >= 0.6 is 0 Å². The summed E-state index contributed by atoms with van der Waals surface area (Å²) in [6.45, 7) is 9.30. The molecule has 0 aliphatic heterocycles. The first-order valence-corrected chi connectivity index (χ1v) is 3.31. The number of rotatable bonds is 2. The van der Waals surface area contributed by atoms with E-state index in [-0.39, 0.29) is 5.91 Å². The summed E-state index contributed by atoms with van der Waals surface area (Å²) in [4.78, 5) is 11.1. The van der Waals surface area contributed by atoms with E-state index in [0.29, 0.717) is 0 Å². The van der Waals surface area contributed by atoms with Gasteiger partial charge in [-0.05, 0) is 20.8 Å². The number of hydrogen-bond donors (Lipinski definition) is 1. The Balaban J connectivity index is 4.40. The molecule has 0 radical (unpaired) electrons. The summed E-state index contributed by atoms with van der Waals surface area (Å²) in [6, 6.07) is 0. The molecule has 58 valence electrons. The highest BCUT2D eigenvalue weighted by Gasteiger charge is 2.26. The van der Waals surface area contributed by atoms with Crippen LogP contribution in [0.4, 0.5) is 0 Å². The number of amides is 1. The Kier molecular flexibility index (Phi) is 2.64. The molecule has 0 saturated heterocycles. The summed E-state index contributed by atoms with van der Waals surface area (Å²) >= 11 is 0. The zero-order chi connectivity index (χ0) is 8.36. The van der Waals surface area contributed by atoms with Gasteiger partial charge in [0, 0.05) is 7.05 Å². The Morgan fingerprint density at radius 2 is 1.90 bits per heavy atom.